The predicted molar refractivity (Wildman–Crippen MR) is 67.3 cm³/mol. The number of rotatable bonds is 9. The topological polar surface area (TPSA) is 9.23 Å². The summed E-state index contributed by atoms with van der Waals surface area (Å²) in [5.41, 5.74) is 0. The van der Waals surface area contributed by atoms with E-state index in [0.29, 0.717) is 0 Å². The second-order valence-corrected chi connectivity index (χ2v) is 9.60. The Balaban J connectivity index is 2.99. The van der Waals surface area contributed by atoms with Gasteiger partial charge in [0.15, 0.2) is 8.32 Å². The molecule has 0 amide bonds. The van der Waals surface area contributed by atoms with E-state index in [4.69, 9.17) is 4.43 Å². The highest BCUT2D eigenvalue weighted by Crippen LogP contribution is 2.08. The van der Waals surface area contributed by atoms with Gasteiger partial charge in [-0.15, -0.1) is 0 Å². The van der Waals surface area contributed by atoms with E-state index in [-0.39, 0.29) is 0 Å². The minimum atomic E-state index is -1.24. The van der Waals surface area contributed by atoms with Crippen LogP contribution in [0.1, 0.15) is 51.9 Å². The summed E-state index contributed by atoms with van der Waals surface area (Å²) in [7, 11) is -1.24. The van der Waals surface area contributed by atoms with E-state index in [0.717, 1.165) is 6.61 Å². The molecule has 0 atom stereocenters. The Morgan fingerprint density at radius 1 is 0.786 bits per heavy atom. The van der Waals surface area contributed by atoms with E-state index < -0.39 is 8.32 Å². The summed E-state index contributed by atoms with van der Waals surface area (Å²) in [6, 6.07) is 0. The maximum Gasteiger partial charge on any atom is 0.183 e. The van der Waals surface area contributed by atoms with Crippen LogP contribution < -0.4 is 0 Å². The number of hydrogen-bond donors (Lipinski definition) is 0. The van der Waals surface area contributed by atoms with Crippen molar-refractivity contribution < 1.29 is 4.43 Å². The lowest BCUT2D eigenvalue weighted by Gasteiger charge is -2.16. The lowest BCUT2D eigenvalue weighted by Crippen LogP contribution is -2.25. The Bertz CT molecular complexity index is 118. The van der Waals surface area contributed by atoms with Crippen LogP contribution in [0.5, 0.6) is 0 Å². The van der Waals surface area contributed by atoms with Crippen molar-refractivity contribution in [2.24, 2.45) is 0 Å². The zero-order valence-electron chi connectivity index (χ0n) is 10.6. The maximum atomic E-state index is 5.80. The van der Waals surface area contributed by atoms with Gasteiger partial charge in [0.25, 0.3) is 0 Å². The molecule has 0 spiro atoms. The molecule has 0 heterocycles. The minimum Gasteiger partial charge on any atom is -0.418 e. The van der Waals surface area contributed by atoms with Crippen LogP contribution in [0.25, 0.3) is 0 Å². The molecule has 0 bridgehead atoms. The molecule has 0 aromatic carbocycles. The molecular weight excluding hydrogens is 188 g/mol. The largest absolute Gasteiger partial charge is 0.418 e. The maximum absolute atomic E-state index is 5.80. The Labute approximate surface area is 91.4 Å². The van der Waals surface area contributed by atoms with Crippen LogP contribution in [-0.4, -0.2) is 14.9 Å². The Morgan fingerprint density at radius 2 is 1.29 bits per heavy atom. The van der Waals surface area contributed by atoms with E-state index >= 15 is 0 Å². The van der Waals surface area contributed by atoms with Gasteiger partial charge >= 0.3 is 0 Å². The third-order valence-electron chi connectivity index (χ3n) is 2.28. The molecule has 0 unspecified atom stereocenters. The standard InChI is InChI=1S/C12H28OSi/c1-5-6-7-8-9-10-11-12-13-14(2,3)4/h5-12H2,1-4H3. The van der Waals surface area contributed by atoms with E-state index in [1.54, 1.807) is 0 Å². The SMILES string of the molecule is CCCCCCCCCO[Si](C)(C)C. The number of unbranched alkanes of at least 4 members (excludes halogenated alkanes) is 6. The van der Waals surface area contributed by atoms with Crippen molar-refractivity contribution in [1.29, 1.82) is 0 Å². The smallest absolute Gasteiger partial charge is 0.183 e. The summed E-state index contributed by atoms with van der Waals surface area (Å²) < 4.78 is 5.80. The molecule has 0 radical (unpaired) electrons. The van der Waals surface area contributed by atoms with Crippen LogP contribution in [0.15, 0.2) is 0 Å². The van der Waals surface area contributed by atoms with Crippen LogP contribution in [-0.2, 0) is 4.43 Å². The lowest BCUT2D eigenvalue weighted by atomic mass is 10.1. The van der Waals surface area contributed by atoms with Gasteiger partial charge in [-0.25, -0.2) is 0 Å². The summed E-state index contributed by atoms with van der Waals surface area (Å²) >= 11 is 0. The molecule has 14 heavy (non-hydrogen) atoms. The van der Waals surface area contributed by atoms with Crippen LogP contribution in [0.2, 0.25) is 19.6 Å². The molecule has 0 aliphatic carbocycles. The summed E-state index contributed by atoms with van der Waals surface area (Å²) in [5.74, 6) is 0. The van der Waals surface area contributed by atoms with E-state index in [2.05, 4.69) is 26.6 Å². The van der Waals surface area contributed by atoms with E-state index in [1.807, 2.05) is 0 Å². The van der Waals surface area contributed by atoms with Gasteiger partial charge in [0, 0.05) is 6.61 Å². The van der Waals surface area contributed by atoms with Gasteiger partial charge in [0.2, 0.25) is 0 Å². The molecular formula is C12H28OSi. The summed E-state index contributed by atoms with van der Waals surface area (Å²) in [6.07, 6.45) is 9.61. The third kappa shape index (κ3) is 12.2. The second-order valence-electron chi connectivity index (χ2n) is 5.08. The van der Waals surface area contributed by atoms with Gasteiger partial charge in [0.05, 0.1) is 0 Å². The monoisotopic (exact) mass is 216 g/mol. The van der Waals surface area contributed by atoms with E-state index in [1.165, 1.54) is 44.9 Å². The molecule has 0 aliphatic rings. The quantitative estimate of drug-likeness (QED) is 0.405. The Kier molecular flexibility index (Phi) is 8.59. The van der Waals surface area contributed by atoms with E-state index in [9.17, 15) is 0 Å². The summed E-state index contributed by atoms with van der Waals surface area (Å²) in [6.45, 7) is 10.0. The molecule has 0 saturated carbocycles. The molecule has 0 saturated heterocycles. The molecule has 0 rings (SSSR count). The van der Waals surface area contributed by atoms with Crippen LogP contribution in [0.4, 0.5) is 0 Å². The van der Waals surface area contributed by atoms with Crippen molar-refractivity contribution in [1.82, 2.24) is 0 Å². The van der Waals surface area contributed by atoms with Crippen molar-refractivity contribution in [3.8, 4) is 0 Å². The van der Waals surface area contributed by atoms with Crippen LogP contribution in [0.3, 0.4) is 0 Å². The van der Waals surface area contributed by atoms with Crippen molar-refractivity contribution in [3.05, 3.63) is 0 Å². The van der Waals surface area contributed by atoms with Gasteiger partial charge in [-0.1, -0.05) is 45.4 Å². The molecule has 0 aromatic heterocycles. The first-order chi connectivity index (χ1) is 6.56. The van der Waals surface area contributed by atoms with Gasteiger partial charge in [-0.05, 0) is 26.1 Å². The molecule has 0 aromatic rings. The van der Waals surface area contributed by atoms with Gasteiger partial charge in [0.1, 0.15) is 0 Å². The average Bonchev–Trinajstić information content (AvgIpc) is 2.08. The molecule has 2 heteroatoms. The lowest BCUT2D eigenvalue weighted by molar-refractivity contribution is 0.298. The fraction of sp³-hybridized carbons (Fsp3) is 1.00. The minimum absolute atomic E-state index is 0.990. The molecule has 0 fully saturated rings. The van der Waals surface area contributed by atoms with Gasteiger partial charge < -0.3 is 4.43 Å². The van der Waals surface area contributed by atoms with Crippen molar-refractivity contribution in [2.45, 2.75) is 71.5 Å². The highest BCUT2D eigenvalue weighted by molar-refractivity contribution is 6.69. The number of hydrogen-bond acceptors (Lipinski definition) is 1. The zero-order valence-corrected chi connectivity index (χ0v) is 11.6. The first kappa shape index (κ1) is 14.2. The van der Waals surface area contributed by atoms with Gasteiger partial charge in [-0.3, -0.25) is 0 Å². The normalized spacial score (nSPS) is 12.0. The molecule has 0 N–H and O–H groups in total. The van der Waals surface area contributed by atoms with Crippen LogP contribution in [0, 0.1) is 0 Å². The predicted octanol–water partition coefficient (Wildman–Crippen LogP) is 4.59. The Morgan fingerprint density at radius 3 is 1.79 bits per heavy atom. The average molecular weight is 216 g/mol. The fourth-order valence-corrected chi connectivity index (χ4v) is 2.19. The zero-order chi connectivity index (χ0) is 10.9. The first-order valence-electron chi connectivity index (χ1n) is 6.20. The second kappa shape index (κ2) is 8.48. The van der Waals surface area contributed by atoms with Crippen LogP contribution >= 0.6 is 0 Å². The van der Waals surface area contributed by atoms with Crippen molar-refractivity contribution in [2.75, 3.05) is 6.61 Å². The summed E-state index contributed by atoms with van der Waals surface area (Å²) in [5, 5.41) is 0. The molecule has 86 valence electrons. The third-order valence-corrected chi connectivity index (χ3v) is 3.35. The first-order valence-corrected chi connectivity index (χ1v) is 9.61. The highest BCUT2D eigenvalue weighted by atomic mass is 28.4. The molecule has 1 nitrogen and oxygen atoms in total. The summed E-state index contributed by atoms with van der Waals surface area (Å²) in [4.78, 5) is 0. The van der Waals surface area contributed by atoms with Gasteiger partial charge in [-0.2, -0.15) is 0 Å². The van der Waals surface area contributed by atoms with Crippen molar-refractivity contribution >= 4 is 8.32 Å². The Hall–Kier alpha value is 0.177. The molecule has 0 aliphatic heterocycles. The fourth-order valence-electron chi connectivity index (χ4n) is 1.44. The highest BCUT2D eigenvalue weighted by Gasteiger charge is 2.12. The van der Waals surface area contributed by atoms with Crippen molar-refractivity contribution in [3.63, 3.8) is 0 Å².